The first-order valence-corrected chi connectivity index (χ1v) is 11.8. The minimum Gasteiger partial charge on any atom is -0.344 e. The van der Waals surface area contributed by atoms with Gasteiger partial charge in [0.2, 0.25) is 17.7 Å². The predicted octanol–water partition coefficient (Wildman–Crippen LogP) is 3.35. The molecule has 0 aromatic carbocycles. The minimum atomic E-state index is -0.460. The molecule has 6 heteroatoms. The fourth-order valence-electron chi connectivity index (χ4n) is 3.89. The number of rotatable bonds is 12. The fourth-order valence-corrected chi connectivity index (χ4v) is 3.89. The standard InChI is InChI=1S/C23H41N3O3/c1-4-5-6-7-8-9-10-11-20(27)25-14-16-26(17-15-25)23(29)21(18(2)3)24-22(28)19-12-13-19/h18-19,21H,4-17H2,1-3H3,(H,24,28). The molecule has 1 heterocycles. The first-order chi connectivity index (χ1) is 13.9. The molecular weight excluding hydrogens is 366 g/mol. The Morgan fingerprint density at radius 2 is 1.41 bits per heavy atom. The van der Waals surface area contributed by atoms with Gasteiger partial charge in [-0.15, -0.1) is 0 Å². The lowest BCUT2D eigenvalue weighted by Gasteiger charge is -2.37. The average molecular weight is 408 g/mol. The average Bonchev–Trinajstić information content (AvgIpc) is 3.56. The van der Waals surface area contributed by atoms with E-state index in [1.54, 1.807) is 0 Å². The summed E-state index contributed by atoms with van der Waals surface area (Å²) in [6.45, 7) is 8.48. The third kappa shape index (κ3) is 7.98. The number of hydrogen-bond donors (Lipinski definition) is 1. The molecule has 0 bridgehead atoms. The van der Waals surface area contributed by atoms with Gasteiger partial charge in [-0.3, -0.25) is 14.4 Å². The summed E-state index contributed by atoms with van der Waals surface area (Å²) in [5.41, 5.74) is 0. The monoisotopic (exact) mass is 407 g/mol. The number of hydrogen-bond acceptors (Lipinski definition) is 3. The van der Waals surface area contributed by atoms with Crippen molar-refractivity contribution in [3.8, 4) is 0 Å². The summed E-state index contributed by atoms with van der Waals surface area (Å²) in [7, 11) is 0. The van der Waals surface area contributed by atoms with Gasteiger partial charge in [-0.05, 0) is 25.2 Å². The summed E-state index contributed by atoms with van der Waals surface area (Å²) in [6, 6.07) is -0.460. The van der Waals surface area contributed by atoms with E-state index in [1.165, 1.54) is 32.1 Å². The predicted molar refractivity (Wildman–Crippen MR) is 115 cm³/mol. The van der Waals surface area contributed by atoms with Crippen molar-refractivity contribution in [1.29, 1.82) is 0 Å². The van der Waals surface area contributed by atoms with Crippen LogP contribution in [0.2, 0.25) is 0 Å². The third-order valence-electron chi connectivity index (χ3n) is 6.12. The molecule has 1 aliphatic carbocycles. The van der Waals surface area contributed by atoms with Crippen molar-refractivity contribution in [2.24, 2.45) is 11.8 Å². The molecule has 0 aromatic rings. The van der Waals surface area contributed by atoms with Gasteiger partial charge in [0.25, 0.3) is 0 Å². The quantitative estimate of drug-likeness (QED) is 0.504. The van der Waals surface area contributed by atoms with Crippen molar-refractivity contribution in [3.63, 3.8) is 0 Å². The first kappa shape index (κ1) is 23.7. The maximum Gasteiger partial charge on any atom is 0.245 e. The van der Waals surface area contributed by atoms with Crippen LogP contribution in [0.25, 0.3) is 0 Å². The second-order valence-electron chi connectivity index (χ2n) is 9.08. The van der Waals surface area contributed by atoms with Crippen LogP contribution in [0, 0.1) is 11.8 Å². The lowest BCUT2D eigenvalue weighted by atomic mass is 10.0. The van der Waals surface area contributed by atoms with Gasteiger partial charge in [0.15, 0.2) is 0 Å². The van der Waals surface area contributed by atoms with E-state index >= 15 is 0 Å². The van der Waals surface area contributed by atoms with E-state index in [2.05, 4.69) is 12.2 Å². The van der Waals surface area contributed by atoms with E-state index in [0.29, 0.717) is 32.6 Å². The summed E-state index contributed by atoms with van der Waals surface area (Å²) in [5, 5.41) is 2.95. The Labute approximate surface area is 176 Å². The van der Waals surface area contributed by atoms with Gasteiger partial charge in [0.1, 0.15) is 6.04 Å². The maximum atomic E-state index is 12.9. The van der Waals surface area contributed by atoms with Crippen molar-refractivity contribution >= 4 is 17.7 Å². The van der Waals surface area contributed by atoms with Crippen LogP contribution in [0.4, 0.5) is 0 Å². The molecule has 3 amide bonds. The van der Waals surface area contributed by atoms with Crippen LogP contribution in [0.5, 0.6) is 0 Å². The highest BCUT2D eigenvalue weighted by molar-refractivity contribution is 5.89. The van der Waals surface area contributed by atoms with E-state index < -0.39 is 6.04 Å². The Bertz CT molecular complexity index is 537. The van der Waals surface area contributed by atoms with Crippen LogP contribution in [-0.4, -0.2) is 59.7 Å². The van der Waals surface area contributed by atoms with Crippen LogP contribution < -0.4 is 5.32 Å². The highest BCUT2D eigenvalue weighted by atomic mass is 16.2. The van der Waals surface area contributed by atoms with Gasteiger partial charge in [-0.25, -0.2) is 0 Å². The number of unbranched alkanes of at least 4 members (excludes halogenated alkanes) is 6. The van der Waals surface area contributed by atoms with Crippen LogP contribution in [0.1, 0.15) is 85.0 Å². The second-order valence-corrected chi connectivity index (χ2v) is 9.08. The lowest BCUT2D eigenvalue weighted by molar-refractivity contribution is -0.143. The van der Waals surface area contributed by atoms with Crippen LogP contribution in [-0.2, 0) is 14.4 Å². The first-order valence-electron chi connectivity index (χ1n) is 11.8. The van der Waals surface area contributed by atoms with Crippen molar-refractivity contribution in [3.05, 3.63) is 0 Å². The fraction of sp³-hybridized carbons (Fsp3) is 0.870. The van der Waals surface area contributed by atoms with Crippen LogP contribution >= 0.6 is 0 Å². The molecule has 1 atom stereocenters. The summed E-state index contributed by atoms with van der Waals surface area (Å²) < 4.78 is 0. The number of nitrogens with one attached hydrogen (secondary N) is 1. The molecule has 1 N–H and O–H groups in total. The van der Waals surface area contributed by atoms with E-state index in [-0.39, 0.29) is 29.6 Å². The molecule has 0 radical (unpaired) electrons. The van der Waals surface area contributed by atoms with Crippen molar-refractivity contribution in [2.45, 2.75) is 91.0 Å². The molecular formula is C23H41N3O3. The summed E-state index contributed by atoms with van der Waals surface area (Å²) in [6.07, 6.45) is 11.0. The Morgan fingerprint density at radius 1 is 0.862 bits per heavy atom. The normalized spacial score (nSPS) is 18.1. The molecule has 6 nitrogen and oxygen atoms in total. The van der Waals surface area contributed by atoms with Gasteiger partial charge >= 0.3 is 0 Å². The summed E-state index contributed by atoms with van der Waals surface area (Å²) in [5.74, 6) is 0.384. The van der Waals surface area contributed by atoms with E-state index in [1.807, 2.05) is 23.6 Å². The molecule has 2 aliphatic rings. The van der Waals surface area contributed by atoms with E-state index in [4.69, 9.17) is 0 Å². The Morgan fingerprint density at radius 3 is 1.97 bits per heavy atom. The third-order valence-corrected chi connectivity index (χ3v) is 6.12. The zero-order chi connectivity index (χ0) is 21.2. The largest absolute Gasteiger partial charge is 0.344 e. The zero-order valence-electron chi connectivity index (χ0n) is 18.8. The number of carbonyl (C=O) groups excluding carboxylic acids is 3. The zero-order valence-corrected chi connectivity index (χ0v) is 18.8. The summed E-state index contributed by atoms with van der Waals surface area (Å²) >= 11 is 0. The number of piperazine rings is 1. The Balaban J connectivity index is 1.67. The topological polar surface area (TPSA) is 69.7 Å². The van der Waals surface area contributed by atoms with E-state index in [0.717, 1.165) is 25.7 Å². The van der Waals surface area contributed by atoms with E-state index in [9.17, 15) is 14.4 Å². The Kier molecular flexibility index (Phi) is 9.95. The molecule has 2 fully saturated rings. The van der Waals surface area contributed by atoms with Crippen molar-refractivity contribution in [1.82, 2.24) is 15.1 Å². The molecule has 29 heavy (non-hydrogen) atoms. The molecule has 2 rings (SSSR count). The lowest BCUT2D eigenvalue weighted by Crippen LogP contribution is -2.57. The number of nitrogens with zero attached hydrogens (tertiary/aromatic N) is 2. The van der Waals surface area contributed by atoms with Crippen LogP contribution in [0.15, 0.2) is 0 Å². The molecule has 0 aromatic heterocycles. The van der Waals surface area contributed by atoms with Crippen molar-refractivity contribution in [2.75, 3.05) is 26.2 Å². The van der Waals surface area contributed by atoms with Gasteiger partial charge < -0.3 is 15.1 Å². The van der Waals surface area contributed by atoms with Gasteiger partial charge in [0.05, 0.1) is 0 Å². The van der Waals surface area contributed by atoms with Gasteiger partial charge in [-0.1, -0.05) is 59.3 Å². The molecule has 166 valence electrons. The molecule has 1 saturated carbocycles. The minimum absolute atomic E-state index is 0.00632. The molecule has 1 aliphatic heterocycles. The summed E-state index contributed by atoms with van der Waals surface area (Å²) in [4.78, 5) is 41.2. The molecule has 0 spiro atoms. The smallest absolute Gasteiger partial charge is 0.245 e. The highest BCUT2D eigenvalue weighted by Crippen LogP contribution is 2.29. The molecule has 1 saturated heterocycles. The SMILES string of the molecule is CCCCCCCCCC(=O)N1CCN(C(=O)C(NC(=O)C2CC2)C(C)C)CC1. The number of carbonyl (C=O) groups is 3. The second kappa shape index (κ2) is 12.2. The van der Waals surface area contributed by atoms with Crippen molar-refractivity contribution < 1.29 is 14.4 Å². The number of amides is 3. The highest BCUT2D eigenvalue weighted by Gasteiger charge is 2.36. The van der Waals surface area contributed by atoms with Crippen LogP contribution in [0.3, 0.4) is 0 Å². The maximum absolute atomic E-state index is 12.9. The molecule has 1 unspecified atom stereocenters. The van der Waals surface area contributed by atoms with Gasteiger partial charge in [-0.2, -0.15) is 0 Å². The Hall–Kier alpha value is -1.59. The van der Waals surface area contributed by atoms with Gasteiger partial charge in [0, 0.05) is 38.5 Å².